The Kier molecular flexibility index (Phi) is 3.97. The van der Waals surface area contributed by atoms with Gasteiger partial charge in [-0.1, -0.05) is 6.92 Å². The molecule has 0 spiro atoms. The molecule has 0 radical (unpaired) electrons. The number of nitrogens with zero attached hydrogens (tertiary/aromatic N) is 1. The highest BCUT2D eigenvalue weighted by atomic mass is 19.1. The standard InChI is InChI=1S/C13H14F2N4O/c1-2-10(12-17-3-4-18-12)19-13(20)7-5-8(14)11(16)9(15)6-7/h3-6,10H,2,16H2,1H3,(H,17,18)(H,19,20). The number of aromatic amines is 1. The van der Waals surface area contributed by atoms with Gasteiger partial charge in [0.15, 0.2) is 0 Å². The van der Waals surface area contributed by atoms with E-state index in [1.807, 2.05) is 6.92 Å². The summed E-state index contributed by atoms with van der Waals surface area (Å²) in [4.78, 5) is 18.9. The van der Waals surface area contributed by atoms with E-state index in [1.54, 1.807) is 12.4 Å². The van der Waals surface area contributed by atoms with Gasteiger partial charge in [0.2, 0.25) is 0 Å². The first-order valence-electron chi connectivity index (χ1n) is 6.07. The van der Waals surface area contributed by atoms with Gasteiger partial charge in [-0.3, -0.25) is 4.79 Å². The van der Waals surface area contributed by atoms with Crippen LogP contribution < -0.4 is 11.1 Å². The molecule has 106 valence electrons. The van der Waals surface area contributed by atoms with E-state index in [9.17, 15) is 13.6 Å². The lowest BCUT2D eigenvalue weighted by Crippen LogP contribution is -2.29. The van der Waals surface area contributed by atoms with Gasteiger partial charge in [0.05, 0.1) is 6.04 Å². The Morgan fingerprint density at radius 2 is 2.10 bits per heavy atom. The Morgan fingerprint density at radius 1 is 1.45 bits per heavy atom. The maximum Gasteiger partial charge on any atom is 0.252 e. The maximum atomic E-state index is 13.3. The SMILES string of the molecule is CCC(NC(=O)c1cc(F)c(N)c(F)c1)c1ncc[nH]1. The lowest BCUT2D eigenvalue weighted by molar-refractivity contribution is 0.0933. The average Bonchev–Trinajstić information content (AvgIpc) is 2.95. The minimum absolute atomic E-state index is 0.126. The van der Waals surface area contributed by atoms with Gasteiger partial charge in [0.1, 0.15) is 23.1 Å². The third-order valence-corrected chi connectivity index (χ3v) is 2.90. The fraction of sp³-hybridized carbons (Fsp3) is 0.231. The topological polar surface area (TPSA) is 83.8 Å². The second-order valence-electron chi connectivity index (χ2n) is 4.26. The number of nitrogen functional groups attached to an aromatic ring is 1. The normalized spacial score (nSPS) is 12.2. The van der Waals surface area contributed by atoms with E-state index in [-0.39, 0.29) is 11.6 Å². The number of aromatic nitrogens is 2. The summed E-state index contributed by atoms with van der Waals surface area (Å²) in [6, 6.07) is 1.45. The van der Waals surface area contributed by atoms with Crippen molar-refractivity contribution < 1.29 is 13.6 Å². The smallest absolute Gasteiger partial charge is 0.252 e. The van der Waals surface area contributed by atoms with Crippen LogP contribution in [0.5, 0.6) is 0 Å². The molecule has 2 rings (SSSR count). The molecule has 0 aliphatic heterocycles. The van der Waals surface area contributed by atoms with Gasteiger partial charge < -0.3 is 16.0 Å². The Labute approximate surface area is 114 Å². The molecular formula is C13H14F2N4O. The number of carbonyl (C=O) groups excluding carboxylic acids is 1. The molecule has 1 amide bonds. The molecule has 0 bridgehead atoms. The predicted octanol–water partition coefficient (Wildman–Crippen LogP) is 2.15. The quantitative estimate of drug-likeness (QED) is 0.750. The number of imidazole rings is 1. The summed E-state index contributed by atoms with van der Waals surface area (Å²) in [5.74, 6) is -1.93. The van der Waals surface area contributed by atoms with E-state index < -0.39 is 23.2 Å². The van der Waals surface area contributed by atoms with Gasteiger partial charge in [0.25, 0.3) is 5.91 Å². The molecule has 0 saturated carbocycles. The van der Waals surface area contributed by atoms with E-state index in [4.69, 9.17) is 5.73 Å². The maximum absolute atomic E-state index is 13.3. The Bertz CT molecular complexity index is 590. The first-order chi connectivity index (χ1) is 9.52. The molecule has 0 fully saturated rings. The number of carbonyl (C=O) groups is 1. The number of halogens is 2. The fourth-order valence-electron chi connectivity index (χ4n) is 1.79. The molecule has 2 aromatic rings. The average molecular weight is 280 g/mol. The van der Waals surface area contributed by atoms with E-state index >= 15 is 0 Å². The molecule has 0 aliphatic carbocycles. The van der Waals surface area contributed by atoms with Crippen molar-refractivity contribution in [1.29, 1.82) is 0 Å². The minimum atomic E-state index is -0.957. The Morgan fingerprint density at radius 3 is 2.60 bits per heavy atom. The van der Waals surface area contributed by atoms with Crippen molar-refractivity contribution in [2.24, 2.45) is 0 Å². The van der Waals surface area contributed by atoms with Crippen LogP contribution in [0.3, 0.4) is 0 Å². The molecule has 1 aromatic heterocycles. The monoisotopic (exact) mass is 280 g/mol. The molecule has 1 heterocycles. The van der Waals surface area contributed by atoms with Gasteiger partial charge in [-0.05, 0) is 18.6 Å². The number of benzene rings is 1. The Balaban J connectivity index is 2.19. The van der Waals surface area contributed by atoms with Crippen LogP contribution in [0.4, 0.5) is 14.5 Å². The second kappa shape index (κ2) is 5.68. The number of hydrogen-bond donors (Lipinski definition) is 3. The van der Waals surface area contributed by atoms with Crippen LogP contribution in [0.1, 0.15) is 35.6 Å². The largest absolute Gasteiger partial charge is 0.394 e. The highest BCUT2D eigenvalue weighted by Crippen LogP contribution is 2.18. The minimum Gasteiger partial charge on any atom is -0.394 e. The van der Waals surface area contributed by atoms with Crippen LogP contribution >= 0.6 is 0 Å². The number of anilines is 1. The highest BCUT2D eigenvalue weighted by Gasteiger charge is 2.18. The molecule has 1 aromatic carbocycles. The summed E-state index contributed by atoms with van der Waals surface area (Å²) in [5.41, 5.74) is 4.44. The van der Waals surface area contributed by atoms with Crippen molar-refractivity contribution in [3.05, 3.63) is 47.5 Å². The number of hydrogen-bond acceptors (Lipinski definition) is 3. The van der Waals surface area contributed by atoms with Crippen LogP contribution in [0, 0.1) is 11.6 Å². The second-order valence-corrected chi connectivity index (χ2v) is 4.26. The third-order valence-electron chi connectivity index (χ3n) is 2.90. The van der Waals surface area contributed by atoms with Crippen molar-refractivity contribution in [3.8, 4) is 0 Å². The first kappa shape index (κ1) is 14.0. The lowest BCUT2D eigenvalue weighted by Gasteiger charge is -2.15. The van der Waals surface area contributed by atoms with Crippen LogP contribution in [0.25, 0.3) is 0 Å². The summed E-state index contributed by atoms with van der Waals surface area (Å²) in [6.07, 6.45) is 3.78. The molecule has 20 heavy (non-hydrogen) atoms. The zero-order valence-corrected chi connectivity index (χ0v) is 10.8. The molecule has 0 saturated heterocycles. The van der Waals surface area contributed by atoms with Crippen LogP contribution in [0.15, 0.2) is 24.5 Å². The molecule has 1 unspecified atom stereocenters. The lowest BCUT2D eigenvalue weighted by atomic mass is 10.1. The van der Waals surface area contributed by atoms with Crippen molar-refractivity contribution in [2.75, 3.05) is 5.73 Å². The van der Waals surface area contributed by atoms with Gasteiger partial charge >= 0.3 is 0 Å². The van der Waals surface area contributed by atoms with E-state index in [2.05, 4.69) is 15.3 Å². The van der Waals surface area contributed by atoms with Gasteiger partial charge in [-0.25, -0.2) is 13.8 Å². The summed E-state index contributed by atoms with van der Waals surface area (Å²) >= 11 is 0. The van der Waals surface area contributed by atoms with Gasteiger partial charge in [-0.2, -0.15) is 0 Å². The summed E-state index contributed by atoms with van der Waals surface area (Å²) in [7, 11) is 0. The van der Waals surface area contributed by atoms with E-state index in [0.717, 1.165) is 12.1 Å². The predicted molar refractivity (Wildman–Crippen MR) is 69.9 cm³/mol. The van der Waals surface area contributed by atoms with Gasteiger partial charge in [0, 0.05) is 18.0 Å². The highest BCUT2D eigenvalue weighted by molar-refractivity contribution is 5.94. The first-order valence-corrected chi connectivity index (χ1v) is 6.07. The molecule has 1 atom stereocenters. The molecule has 0 aliphatic rings. The van der Waals surface area contributed by atoms with E-state index in [0.29, 0.717) is 12.2 Å². The van der Waals surface area contributed by atoms with E-state index in [1.165, 1.54) is 0 Å². The van der Waals surface area contributed by atoms with Crippen molar-refractivity contribution in [3.63, 3.8) is 0 Å². The molecular weight excluding hydrogens is 266 g/mol. The van der Waals surface area contributed by atoms with Crippen molar-refractivity contribution in [2.45, 2.75) is 19.4 Å². The fourth-order valence-corrected chi connectivity index (χ4v) is 1.79. The zero-order chi connectivity index (χ0) is 14.7. The number of amides is 1. The summed E-state index contributed by atoms with van der Waals surface area (Å²) in [5, 5.41) is 2.65. The third kappa shape index (κ3) is 2.76. The number of H-pyrrole nitrogens is 1. The van der Waals surface area contributed by atoms with Crippen molar-refractivity contribution >= 4 is 11.6 Å². The molecule has 7 heteroatoms. The van der Waals surface area contributed by atoms with Crippen LogP contribution in [-0.2, 0) is 0 Å². The Hall–Kier alpha value is -2.44. The number of nitrogens with two attached hydrogens (primary N) is 1. The van der Waals surface area contributed by atoms with Gasteiger partial charge in [-0.15, -0.1) is 0 Å². The summed E-state index contributed by atoms with van der Waals surface area (Å²) in [6.45, 7) is 1.86. The van der Waals surface area contributed by atoms with Crippen LogP contribution in [-0.4, -0.2) is 15.9 Å². The van der Waals surface area contributed by atoms with Crippen molar-refractivity contribution in [1.82, 2.24) is 15.3 Å². The zero-order valence-electron chi connectivity index (χ0n) is 10.8. The molecule has 4 N–H and O–H groups in total. The molecule has 5 nitrogen and oxygen atoms in total. The number of nitrogens with one attached hydrogen (secondary N) is 2. The number of rotatable bonds is 4. The van der Waals surface area contributed by atoms with Crippen LogP contribution in [0.2, 0.25) is 0 Å². The summed E-state index contributed by atoms with van der Waals surface area (Å²) < 4.78 is 26.7.